The second-order valence-corrected chi connectivity index (χ2v) is 12.8. The van der Waals surface area contributed by atoms with Crippen LogP contribution in [0.1, 0.15) is 69.4 Å². The molecule has 1 amide bonds. The number of nitrogens with one attached hydrogen (secondary N) is 1. The number of ether oxygens (including phenoxy) is 1. The fourth-order valence-corrected chi connectivity index (χ4v) is 5.58. The van der Waals surface area contributed by atoms with Gasteiger partial charge in [-0.3, -0.25) is 4.79 Å². The zero-order valence-electron chi connectivity index (χ0n) is 21.1. The van der Waals surface area contributed by atoms with E-state index in [1.165, 1.54) is 0 Å². The molecule has 1 aliphatic rings. The standard InChI is InChI=1S/C30H31Br2NO2/c1-29(2,3)23-13-19(12-22-21-15-20(31)16-25(32)26(21)33-28(22)34)14-24(30(4,5)6)27(23)35-17-18-10-8-7-9-11-18/h7-16H,17H2,1-6H3,(H,33,34). The van der Waals surface area contributed by atoms with Gasteiger partial charge in [-0.2, -0.15) is 0 Å². The zero-order chi connectivity index (χ0) is 25.5. The second-order valence-electron chi connectivity index (χ2n) is 11.0. The minimum absolute atomic E-state index is 0.0992. The monoisotopic (exact) mass is 595 g/mol. The van der Waals surface area contributed by atoms with Gasteiger partial charge in [0.1, 0.15) is 12.4 Å². The number of anilines is 1. The first-order chi connectivity index (χ1) is 16.3. The smallest absolute Gasteiger partial charge is 0.256 e. The number of carbonyl (C=O) groups excluding carboxylic acids is 1. The third-order valence-electron chi connectivity index (χ3n) is 6.09. The third kappa shape index (κ3) is 5.57. The lowest BCUT2D eigenvalue weighted by atomic mass is 9.78. The molecular weight excluding hydrogens is 566 g/mol. The maximum absolute atomic E-state index is 12.9. The van der Waals surface area contributed by atoms with E-state index < -0.39 is 0 Å². The minimum atomic E-state index is -0.150. The second kappa shape index (κ2) is 9.59. The van der Waals surface area contributed by atoms with Crippen molar-refractivity contribution in [2.75, 3.05) is 5.32 Å². The quantitative estimate of drug-likeness (QED) is 0.305. The van der Waals surface area contributed by atoms with Gasteiger partial charge in [-0.25, -0.2) is 0 Å². The number of halogens is 2. The Labute approximate surface area is 225 Å². The summed E-state index contributed by atoms with van der Waals surface area (Å²) in [4.78, 5) is 12.9. The van der Waals surface area contributed by atoms with E-state index in [0.29, 0.717) is 12.2 Å². The van der Waals surface area contributed by atoms with Gasteiger partial charge in [-0.15, -0.1) is 0 Å². The first kappa shape index (κ1) is 25.7. The number of amides is 1. The molecule has 0 spiro atoms. The fourth-order valence-electron chi connectivity index (χ4n) is 4.26. The maximum Gasteiger partial charge on any atom is 0.256 e. The Hall–Kier alpha value is -2.37. The molecule has 0 atom stereocenters. The molecule has 3 nitrogen and oxygen atoms in total. The van der Waals surface area contributed by atoms with Crippen LogP contribution in [0.3, 0.4) is 0 Å². The summed E-state index contributed by atoms with van der Waals surface area (Å²) in [6.45, 7) is 13.7. The first-order valence-corrected chi connectivity index (χ1v) is 13.3. The summed E-state index contributed by atoms with van der Waals surface area (Å²) in [6, 6.07) is 18.5. The summed E-state index contributed by atoms with van der Waals surface area (Å²) in [6.07, 6.45) is 1.99. The van der Waals surface area contributed by atoms with Gasteiger partial charge in [-0.05, 0) is 68.2 Å². The Balaban J connectivity index is 1.87. The molecule has 1 N–H and O–H groups in total. The molecule has 4 rings (SSSR count). The predicted octanol–water partition coefficient (Wildman–Crippen LogP) is 8.88. The zero-order valence-corrected chi connectivity index (χ0v) is 24.2. The summed E-state index contributed by atoms with van der Waals surface area (Å²) in [5.41, 5.74) is 6.41. The molecule has 1 heterocycles. The SMILES string of the molecule is CC(C)(C)c1cc(C=C2C(=O)Nc3c(Br)cc(Br)cc32)cc(C(C)(C)C)c1OCc1ccccc1. The van der Waals surface area contributed by atoms with Gasteiger partial charge in [0, 0.05) is 31.2 Å². The van der Waals surface area contributed by atoms with E-state index in [1.54, 1.807) is 0 Å². The Bertz CT molecular complexity index is 1280. The van der Waals surface area contributed by atoms with Crippen molar-refractivity contribution in [3.8, 4) is 5.75 Å². The third-order valence-corrected chi connectivity index (χ3v) is 7.18. The lowest BCUT2D eigenvalue weighted by Crippen LogP contribution is -2.20. The summed E-state index contributed by atoms with van der Waals surface area (Å²) >= 11 is 7.13. The van der Waals surface area contributed by atoms with Crippen LogP contribution in [0.25, 0.3) is 11.6 Å². The van der Waals surface area contributed by atoms with Crippen LogP contribution in [0.2, 0.25) is 0 Å². The van der Waals surface area contributed by atoms with Crippen LogP contribution < -0.4 is 10.1 Å². The van der Waals surface area contributed by atoms with Gasteiger partial charge in [0.25, 0.3) is 5.91 Å². The van der Waals surface area contributed by atoms with Crippen LogP contribution in [-0.2, 0) is 22.2 Å². The van der Waals surface area contributed by atoms with Gasteiger partial charge in [-0.1, -0.05) is 87.8 Å². The molecule has 0 unspecified atom stereocenters. The predicted molar refractivity (Wildman–Crippen MR) is 153 cm³/mol. The molecule has 1 aliphatic heterocycles. The van der Waals surface area contributed by atoms with E-state index in [4.69, 9.17) is 4.74 Å². The summed E-state index contributed by atoms with van der Waals surface area (Å²) < 4.78 is 8.30. The molecule has 3 aromatic carbocycles. The van der Waals surface area contributed by atoms with E-state index in [1.807, 2.05) is 36.4 Å². The van der Waals surface area contributed by atoms with Gasteiger partial charge in [0.15, 0.2) is 0 Å². The fraction of sp³-hybridized carbons (Fsp3) is 0.300. The van der Waals surface area contributed by atoms with Crippen molar-refractivity contribution in [2.24, 2.45) is 0 Å². The largest absolute Gasteiger partial charge is 0.488 e. The lowest BCUT2D eigenvalue weighted by molar-refractivity contribution is -0.110. The van der Waals surface area contributed by atoms with Gasteiger partial charge in [0.05, 0.1) is 5.69 Å². The minimum Gasteiger partial charge on any atom is -0.488 e. The Kier molecular flexibility index (Phi) is 7.05. The van der Waals surface area contributed by atoms with Crippen molar-refractivity contribution < 1.29 is 9.53 Å². The molecule has 3 aromatic rings. The number of hydrogen-bond acceptors (Lipinski definition) is 2. The molecule has 0 saturated carbocycles. The van der Waals surface area contributed by atoms with Crippen LogP contribution in [0, 0.1) is 0 Å². The number of hydrogen-bond donors (Lipinski definition) is 1. The number of carbonyl (C=O) groups is 1. The highest BCUT2D eigenvalue weighted by Gasteiger charge is 2.30. The Morgan fingerprint density at radius 3 is 2.06 bits per heavy atom. The number of benzene rings is 3. The number of fused-ring (bicyclic) bond motifs is 1. The van der Waals surface area contributed by atoms with E-state index in [2.05, 4.69) is 103 Å². The highest BCUT2D eigenvalue weighted by Crippen LogP contribution is 2.44. The van der Waals surface area contributed by atoms with E-state index in [9.17, 15) is 4.79 Å². The summed E-state index contributed by atoms with van der Waals surface area (Å²) in [7, 11) is 0. The van der Waals surface area contributed by atoms with Gasteiger partial charge >= 0.3 is 0 Å². The van der Waals surface area contributed by atoms with E-state index in [-0.39, 0.29) is 16.7 Å². The maximum atomic E-state index is 12.9. The molecule has 35 heavy (non-hydrogen) atoms. The topological polar surface area (TPSA) is 38.3 Å². The van der Waals surface area contributed by atoms with Crippen LogP contribution in [-0.4, -0.2) is 5.91 Å². The highest BCUT2D eigenvalue weighted by atomic mass is 79.9. The molecule has 0 bridgehead atoms. The summed E-state index contributed by atoms with van der Waals surface area (Å²) in [5, 5.41) is 3.00. The van der Waals surface area contributed by atoms with Crippen LogP contribution >= 0.6 is 31.9 Å². The Morgan fingerprint density at radius 2 is 1.49 bits per heavy atom. The summed E-state index contributed by atoms with van der Waals surface area (Å²) in [5.74, 6) is 0.829. The Morgan fingerprint density at radius 1 is 0.886 bits per heavy atom. The molecule has 5 heteroatoms. The van der Waals surface area contributed by atoms with Crippen molar-refractivity contribution in [1.82, 2.24) is 0 Å². The van der Waals surface area contributed by atoms with Crippen LogP contribution in [0.5, 0.6) is 5.75 Å². The molecular formula is C30H31Br2NO2. The van der Waals surface area contributed by atoms with E-state index >= 15 is 0 Å². The van der Waals surface area contributed by atoms with Gasteiger partial charge in [0.2, 0.25) is 0 Å². The molecule has 0 saturated heterocycles. The highest BCUT2D eigenvalue weighted by molar-refractivity contribution is 9.11. The van der Waals surface area contributed by atoms with Crippen LogP contribution in [0.4, 0.5) is 5.69 Å². The molecule has 0 aromatic heterocycles. The van der Waals surface area contributed by atoms with Crippen molar-refractivity contribution >= 4 is 55.1 Å². The normalized spacial score (nSPS) is 14.7. The van der Waals surface area contributed by atoms with Crippen molar-refractivity contribution in [2.45, 2.75) is 59.0 Å². The number of rotatable bonds is 4. The lowest BCUT2D eigenvalue weighted by Gasteiger charge is -2.30. The van der Waals surface area contributed by atoms with Crippen LogP contribution in [0.15, 0.2) is 63.5 Å². The van der Waals surface area contributed by atoms with Crippen molar-refractivity contribution in [1.29, 1.82) is 0 Å². The molecule has 0 radical (unpaired) electrons. The van der Waals surface area contributed by atoms with Gasteiger partial charge < -0.3 is 10.1 Å². The average Bonchev–Trinajstić information content (AvgIpc) is 3.07. The van der Waals surface area contributed by atoms with Crippen molar-refractivity contribution in [3.05, 3.63) is 91.4 Å². The average molecular weight is 597 g/mol. The molecule has 0 aliphatic carbocycles. The first-order valence-electron chi connectivity index (χ1n) is 11.7. The van der Waals surface area contributed by atoms with E-state index in [0.717, 1.165) is 48.2 Å². The van der Waals surface area contributed by atoms with Crippen molar-refractivity contribution in [3.63, 3.8) is 0 Å². The molecule has 182 valence electrons. The molecule has 0 fully saturated rings.